The van der Waals surface area contributed by atoms with Crippen LogP contribution in [0.4, 0.5) is 14.6 Å². The van der Waals surface area contributed by atoms with E-state index in [-0.39, 0.29) is 18.1 Å². The van der Waals surface area contributed by atoms with Gasteiger partial charge in [0.25, 0.3) is 0 Å². The highest BCUT2D eigenvalue weighted by Crippen LogP contribution is 2.31. The zero-order valence-electron chi connectivity index (χ0n) is 16.1. The van der Waals surface area contributed by atoms with Crippen LogP contribution in [0, 0.1) is 24.0 Å². The van der Waals surface area contributed by atoms with Crippen molar-refractivity contribution in [3.63, 3.8) is 0 Å². The summed E-state index contributed by atoms with van der Waals surface area (Å²) in [6.07, 6.45) is 2.40. The summed E-state index contributed by atoms with van der Waals surface area (Å²) in [7, 11) is 0. The van der Waals surface area contributed by atoms with E-state index in [4.69, 9.17) is 5.11 Å². The van der Waals surface area contributed by atoms with E-state index in [0.717, 1.165) is 11.8 Å². The van der Waals surface area contributed by atoms with Gasteiger partial charge in [-0.1, -0.05) is 20.8 Å². The second kappa shape index (κ2) is 7.18. The molecule has 2 aromatic heterocycles. The van der Waals surface area contributed by atoms with Gasteiger partial charge in [0, 0.05) is 23.2 Å². The summed E-state index contributed by atoms with van der Waals surface area (Å²) >= 11 is 0. The van der Waals surface area contributed by atoms with Gasteiger partial charge in [-0.2, -0.15) is 0 Å². The van der Waals surface area contributed by atoms with Crippen molar-refractivity contribution in [2.24, 2.45) is 5.41 Å². The standard InChI is InChI=1S/C20H22F2N4O2/c1-10-5-11-12(8-23-17(11)13(21)6-10)18-24-9-14(22)19(26-18)25-15(7-16(27)28)20(2,3)4/h5-6,8-9,15,23H,7H2,1-4H3,(H,27,28)(H,24,25,26)/t15-/m0/s1. The Morgan fingerprint density at radius 3 is 2.64 bits per heavy atom. The number of carboxylic acids is 1. The third kappa shape index (κ3) is 3.95. The average Bonchev–Trinajstić information content (AvgIpc) is 2.99. The molecule has 0 saturated heterocycles. The van der Waals surface area contributed by atoms with Gasteiger partial charge in [0.15, 0.2) is 17.5 Å². The minimum Gasteiger partial charge on any atom is -0.481 e. The maximum atomic E-state index is 14.3. The van der Waals surface area contributed by atoms with Gasteiger partial charge in [-0.25, -0.2) is 18.7 Å². The molecular formula is C20H22F2N4O2. The fraction of sp³-hybridized carbons (Fsp3) is 0.350. The van der Waals surface area contributed by atoms with E-state index in [2.05, 4.69) is 20.3 Å². The molecule has 0 radical (unpaired) electrons. The second-order valence-electron chi connectivity index (χ2n) is 7.92. The summed E-state index contributed by atoms with van der Waals surface area (Å²) in [5, 5.41) is 12.7. The third-order valence-electron chi connectivity index (χ3n) is 4.61. The SMILES string of the molecule is Cc1cc(F)c2[nH]cc(-c3ncc(F)c(N[C@@H](CC(=O)O)C(C)(C)C)n3)c2c1. The van der Waals surface area contributed by atoms with Crippen molar-refractivity contribution in [2.75, 3.05) is 5.32 Å². The maximum absolute atomic E-state index is 14.3. The largest absolute Gasteiger partial charge is 0.481 e. The van der Waals surface area contributed by atoms with E-state index < -0.39 is 29.1 Å². The van der Waals surface area contributed by atoms with Crippen LogP contribution in [0.5, 0.6) is 0 Å². The Labute approximate surface area is 161 Å². The summed E-state index contributed by atoms with van der Waals surface area (Å²) in [4.78, 5) is 22.3. The minimum absolute atomic E-state index is 0.0892. The summed E-state index contributed by atoms with van der Waals surface area (Å²) in [5.74, 6) is -1.96. The number of aromatic nitrogens is 3. The number of nitrogens with one attached hydrogen (secondary N) is 2. The zero-order valence-corrected chi connectivity index (χ0v) is 16.1. The number of fused-ring (bicyclic) bond motifs is 1. The zero-order chi connectivity index (χ0) is 20.6. The monoisotopic (exact) mass is 388 g/mol. The predicted octanol–water partition coefficient (Wildman–Crippen LogP) is 4.51. The van der Waals surface area contributed by atoms with Gasteiger partial charge in [0.05, 0.1) is 18.1 Å². The van der Waals surface area contributed by atoms with Crippen molar-refractivity contribution in [1.29, 1.82) is 0 Å². The number of hydrogen-bond acceptors (Lipinski definition) is 4. The van der Waals surface area contributed by atoms with Crippen LogP contribution >= 0.6 is 0 Å². The molecule has 0 spiro atoms. The smallest absolute Gasteiger partial charge is 0.305 e. The molecule has 0 amide bonds. The molecule has 0 aliphatic rings. The number of benzene rings is 1. The molecule has 0 unspecified atom stereocenters. The molecule has 1 aromatic carbocycles. The number of rotatable bonds is 5. The first-order chi connectivity index (χ1) is 13.1. The third-order valence-corrected chi connectivity index (χ3v) is 4.61. The first-order valence-electron chi connectivity index (χ1n) is 8.84. The van der Waals surface area contributed by atoms with Gasteiger partial charge in [-0.3, -0.25) is 4.79 Å². The van der Waals surface area contributed by atoms with Crippen molar-refractivity contribution in [3.8, 4) is 11.4 Å². The normalized spacial score (nSPS) is 12.9. The number of H-pyrrole nitrogens is 1. The van der Waals surface area contributed by atoms with Crippen LogP contribution in [-0.4, -0.2) is 32.1 Å². The molecule has 0 bridgehead atoms. The van der Waals surface area contributed by atoms with Gasteiger partial charge in [-0.15, -0.1) is 0 Å². The molecule has 0 saturated carbocycles. The summed E-state index contributed by atoms with van der Waals surface area (Å²) in [6.45, 7) is 7.36. The lowest BCUT2D eigenvalue weighted by Gasteiger charge is -2.30. The fourth-order valence-corrected chi connectivity index (χ4v) is 3.02. The van der Waals surface area contributed by atoms with E-state index >= 15 is 0 Å². The Bertz CT molecular complexity index is 1040. The lowest BCUT2D eigenvalue weighted by molar-refractivity contribution is -0.137. The number of hydrogen-bond donors (Lipinski definition) is 3. The van der Waals surface area contributed by atoms with Crippen molar-refractivity contribution in [3.05, 3.63) is 41.7 Å². The van der Waals surface area contributed by atoms with E-state index in [0.29, 0.717) is 16.5 Å². The van der Waals surface area contributed by atoms with Gasteiger partial charge < -0.3 is 15.4 Å². The molecule has 3 aromatic rings. The van der Waals surface area contributed by atoms with Crippen LogP contribution in [0.15, 0.2) is 24.5 Å². The first kappa shape index (κ1) is 19.7. The van der Waals surface area contributed by atoms with Crippen molar-refractivity contribution >= 4 is 22.7 Å². The summed E-state index contributed by atoms with van der Waals surface area (Å²) in [6, 6.07) is 2.66. The predicted molar refractivity (Wildman–Crippen MR) is 103 cm³/mol. The minimum atomic E-state index is -0.996. The summed E-state index contributed by atoms with van der Waals surface area (Å²) < 4.78 is 28.5. The molecule has 6 nitrogen and oxygen atoms in total. The van der Waals surface area contributed by atoms with Gasteiger partial charge in [0.2, 0.25) is 0 Å². The number of carbonyl (C=O) groups is 1. The van der Waals surface area contributed by atoms with Crippen molar-refractivity contribution in [2.45, 2.75) is 40.2 Å². The first-order valence-corrected chi connectivity index (χ1v) is 8.84. The highest BCUT2D eigenvalue weighted by Gasteiger charge is 2.28. The van der Waals surface area contributed by atoms with E-state index in [1.54, 1.807) is 19.2 Å². The van der Waals surface area contributed by atoms with Gasteiger partial charge in [0.1, 0.15) is 5.82 Å². The van der Waals surface area contributed by atoms with Crippen LogP contribution in [0.1, 0.15) is 32.8 Å². The van der Waals surface area contributed by atoms with Crippen LogP contribution < -0.4 is 5.32 Å². The molecule has 8 heteroatoms. The molecule has 148 valence electrons. The molecular weight excluding hydrogens is 366 g/mol. The number of nitrogens with zero attached hydrogens (tertiary/aromatic N) is 2. The topological polar surface area (TPSA) is 90.9 Å². The molecule has 3 rings (SSSR count). The fourth-order valence-electron chi connectivity index (χ4n) is 3.02. The molecule has 0 aliphatic heterocycles. The Hall–Kier alpha value is -3.03. The second-order valence-corrected chi connectivity index (χ2v) is 7.92. The highest BCUT2D eigenvalue weighted by atomic mass is 19.1. The van der Waals surface area contributed by atoms with E-state index in [1.807, 2.05) is 20.8 Å². The Morgan fingerprint density at radius 2 is 2.00 bits per heavy atom. The van der Waals surface area contributed by atoms with Crippen molar-refractivity contribution < 1.29 is 18.7 Å². The lowest BCUT2D eigenvalue weighted by Crippen LogP contribution is -2.36. The molecule has 28 heavy (non-hydrogen) atoms. The van der Waals surface area contributed by atoms with Crippen LogP contribution in [0.25, 0.3) is 22.3 Å². The quantitative estimate of drug-likeness (QED) is 0.598. The highest BCUT2D eigenvalue weighted by molar-refractivity contribution is 5.94. The average molecular weight is 388 g/mol. The Kier molecular flexibility index (Phi) is 5.06. The van der Waals surface area contributed by atoms with Crippen LogP contribution in [0.3, 0.4) is 0 Å². The summed E-state index contributed by atoms with van der Waals surface area (Å²) in [5.41, 5.74) is 1.14. The molecule has 1 atom stereocenters. The lowest BCUT2D eigenvalue weighted by atomic mass is 9.85. The number of carboxylic acid groups (broad SMARTS) is 1. The van der Waals surface area contributed by atoms with Gasteiger partial charge in [-0.05, 0) is 30.0 Å². The van der Waals surface area contributed by atoms with Crippen LogP contribution in [-0.2, 0) is 4.79 Å². The number of aliphatic carboxylic acids is 1. The Balaban J connectivity index is 2.04. The maximum Gasteiger partial charge on any atom is 0.305 e. The van der Waals surface area contributed by atoms with E-state index in [1.165, 1.54) is 6.07 Å². The number of halogens is 2. The van der Waals surface area contributed by atoms with Crippen LogP contribution in [0.2, 0.25) is 0 Å². The van der Waals surface area contributed by atoms with E-state index in [9.17, 15) is 13.6 Å². The molecule has 3 N–H and O–H groups in total. The van der Waals surface area contributed by atoms with Gasteiger partial charge >= 0.3 is 5.97 Å². The number of aryl methyl sites for hydroxylation is 1. The number of aromatic amines is 1. The molecule has 0 fully saturated rings. The Morgan fingerprint density at radius 1 is 1.29 bits per heavy atom. The van der Waals surface area contributed by atoms with Crippen molar-refractivity contribution in [1.82, 2.24) is 15.0 Å². The molecule has 0 aliphatic carbocycles. The number of anilines is 1. The molecule has 2 heterocycles.